The lowest BCUT2D eigenvalue weighted by molar-refractivity contribution is -0.145. The molecule has 0 saturated heterocycles. The summed E-state index contributed by atoms with van der Waals surface area (Å²) in [6.45, 7) is 5.94. The highest BCUT2D eigenvalue weighted by Crippen LogP contribution is 2.18. The monoisotopic (exact) mass is 257 g/mol. The third-order valence-electron chi connectivity index (χ3n) is 2.15. The quantitative estimate of drug-likeness (QED) is 0.819. The summed E-state index contributed by atoms with van der Waals surface area (Å²) in [5.41, 5.74) is 0. The number of nitrogens with zero attached hydrogens (tertiary/aromatic N) is 2. The van der Waals surface area contributed by atoms with Crippen molar-refractivity contribution in [3.05, 3.63) is 17.5 Å². The van der Waals surface area contributed by atoms with Crippen molar-refractivity contribution < 1.29 is 9.53 Å². The lowest BCUT2D eigenvalue weighted by atomic mass is 10.0. The number of aromatic nitrogens is 2. The van der Waals surface area contributed by atoms with Gasteiger partial charge in [-0.2, -0.15) is 0 Å². The minimum Gasteiger partial charge on any atom is -0.464 e. The summed E-state index contributed by atoms with van der Waals surface area (Å²) in [5.74, 6) is 0.136. The Labute approximate surface area is 106 Å². The van der Waals surface area contributed by atoms with Gasteiger partial charge in [0.2, 0.25) is 0 Å². The first-order valence-electron chi connectivity index (χ1n) is 5.46. The van der Waals surface area contributed by atoms with Gasteiger partial charge < -0.3 is 10.1 Å². The van der Waals surface area contributed by atoms with Crippen LogP contribution in [0, 0.1) is 5.92 Å². The first-order chi connectivity index (χ1) is 8.06. The van der Waals surface area contributed by atoms with Crippen LogP contribution in [0.1, 0.15) is 20.8 Å². The second-order valence-corrected chi connectivity index (χ2v) is 4.17. The van der Waals surface area contributed by atoms with Crippen LogP contribution in [0.2, 0.25) is 5.15 Å². The molecule has 0 bridgehead atoms. The van der Waals surface area contributed by atoms with Crippen LogP contribution in [0.5, 0.6) is 0 Å². The van der Waals surface area contributed by atoms with E-state index in [0.29, 0.717) is 12.4 Å². The third-order valence-corrected chi connectivity index (χ3v) is 2.43. The van der Waals surface area contributed by atoms with E-state index in [-0.39, 0.29) is 17.0 Å². The van der Waals surface area contributed by atoms with Gasteiger partial charge in [0, 0.05) is 12.4 Å². The van der Waals surface area contributed by atoms with Crippen molar-refractivity contribution in [3.8, 4) is 0 Å². The smallest absolute Gasteiger partial charge is 0.328 e. The lowest BCUT2D eigenvalue weighted by Gasteiger charge is -2.21. The van der Waals surface area contributed by atoms with Crippen molar-refractivity contribution in [1.29, 1.82) is 0 Å². The Morgan fingerprint density at radius 2 is 2.12 bits per heavy atom. The first kappa shape index (κ1) is 13.7. The molecule has 1 aromatic rings. The number of hydrogen-bond donors (Lipinski definition) is 1. The number of esters is 1. The Morgan fingerprint density at radius 1 is 1.47 bits per heavy atom. The van der Waals surface area contributed by atoms with E-state index in [1.165, 1.54) is 12.4 Å². The molecule has 5 nitrogen and oxygen atoms in total. The van der Waals surface area contributed by atoms with Gasteiger partial charge in [-0.25, -0.2) is 14.8 Å². The molecule has 1 N–H and O–H groups in total. The molecule has 0 aromatic carbocycles. The Bertz CT molecular complexity index is 385. The molecular weight excluding hydrogens is 242 g/mol. The summed E-state index contributed by atoms with van der Waals surface area (Å²) >= 11 is 5.87. The Balaban J connectivity index is 2.81. The minimum atomic E-state index is -0.482. The molecule has 0 saturated carbocycles. The average molecular weight is 258 g/mol. The molecular formula is C11H16ClN3O2. The van der Waals surface area contributed by atoms with Crippen molar-refractivity contribution in [2.45, 2.75) is 26.8 Å². The molecule has 0 aliphatic carbocycles. The number of hydrogen-bond acceptors (Lipinski definition) is 5. The number of carbonyl (C=O) groups excluding carboxylic acids is 1. The second-order valence-electron chi connectivity index (χ2n) is 3.81. The molecule has 0 aliphatic rings. The number of ether oxygens (including phenoxy) is 1. The van der Waals surface area contributed by atoms with Crippen LogP contribution in [0.15, 0.2) is 12.4 Å². The highest BCUT2D eigenvalue weighted by atomic mass is 35.5. The number of nitrogens with one attached hydrogen (secondary N) is 1. The van der Waals surface area contributed by atoms with E-state index < -0.39 is 6.04 Å². The molecule has 1 rings (SSSR count). The SMILES string of the molecule is CCOC(=O)[C@@H](Nc1nccnc1Cl)C(C)C. The van der Waals surface area contributed by atoms with Crippen LogP contribution in [-0.2, 0) is 9.53 Å². The van der Waals surface area contributed by atoms with Crippen molar-refractivity contribution >= 4 is 23.4 Å². The Morgan fingerprint density at radius 3 is 2.65 bits per heavy atom. The zero-order valence-electron chi connectivity index (χ0n) is 10.1. The van der Waals surface area contributed by atoms with Gasteiger partial charge in [0.25, 0.3) is 0 Å². The third kappa shape index (κ3) is 3.85. The van der Waals surface area contributed by atoms with Gasteiger partial charge in [-0.15, -0.1) is 0 Å². The zero-order chi connectivity index (χ0) is 12.8. The van der Waals surface area contributed by atoms with E-state index in [2.05, 4.69) is 15.3 Å². The molecule has 6 heteroatoms. The van der Waals surface area contributed by atoms with Crippen LogP contribution in [-0.4, -0.2) is 28.6 Å². The Kier molecular flexibility index (Phi) is 5.15. The molecule has 1 aromatic heterocycles. The normalized spacial score (nSPS) is 12.3. The highest BCUT2D eigenvalue weighted by Gasteiger charge is 2.24. The van der Waals surface area contributed by atoms with Gasteiger partial charge in [0.05, 0.1) is 6.61 Å². The summed E-state index contributed by atoms with van der Waals surface area (Å²) in [4.78, 5) is 19.6. The van der Waals surface area contributed by atoms with Crippen molar-refractivity contribution in [1.82, 2.24) is 9.97 Å². The van der Waals surface area contributed by atoms with Crippen molar-refractivity contribution in [2.75, 3.05) is 11.9 Å². The van der Waals surface area contributed by atoms with Crippen LogP contribution in [0.25, 0.3) is 0 Å². The summed E-state index contributed by atoms with van der Waals surface area (Å²) in [5, 5.41) is 3.19. The topological polar surface area (TPSA) is 64.1 Å². The number of rotatable bonds is 5. The molecule has 1 heterocycles. The minimum absolute atomic E-state index is 0.0622. The predicted octanol–water partition coefficient (Wildman–Crippen LogP) is 2.13. The first-order valence-corrected chi connectivity index (χ1v) is 5.83. The van der Waals surface area contributed by atoms with Gasteiger partial charge in [0.1, 0.15) is 6.04 Å². The molecule has 0 unspecified atom stereocenters. The maximum Gasteiger partial charge on any atom is 0.328 e. The molecule has 94 valence electrons. The van der Waals surface area contributed by atoms with E-state index in [4.69, 9.17) is 16.3 Å². The maximum atomic E-state index is 11.7. The second kappa shape index (κ2) is 6.39. The fraction of sp³-hybridized carbons (Fsp3) is 0.545. The number of halogens is 1. The zero-order valence-corrected chi connectivity index (χ0v) is 10.9. The van der Waals surface area contributed by atoms with E-state index in [1.807, 2.05) is 13.8 Å². The molecule has 17 heavy (non-hydrogen) atoms. The lowest BCUT2D eigenvalue weighted by Crippen LogP contribution is -2.36. The average Bonchev–Trinajstić information content (AvgIpc) is 2.27. The van der Waals surface area contributed by atoms with Crippen LogP contribution in [0.4, 0.5) is 5.82 Å². The predicted molar refractivity (Wildman–Crippen MR) is 65.9 cm³/mol. The summed E-state index contributed by atoms with van der Waals surface area (Å²) < 4.78 is 4.98. The summed E-state index contributed by atoms with van der Waals surface area (Å²) in [6, 6.07) is -0.482. The van der Waals surface area contributed by atoms with Crippen molar-refractivity contribution in [2.24, 2.45) is 5.92 Å². The van der Waals surface area contributed by atoms with Gasteiger partial charge in [-0.1, -0.05) is 25.4 Å². The van der Waals surface area contributed by atoms with E-state index in [1.54, 1.807) is 6.92 Å². The molecule has 0 spiro atoms. The molecule has 0 radical (unpaired) electrons. The molecule has 1 atom stereocenters. The van der Waals surface area contributed by atoms with Crippen LogP contribution >= 0.6 is 11.6 Å². The molecule has 0 aliphatic heterocycles. The number of anilines is 1. The van der Waals surface area contributed by atoms with Crippen molar-refractivity contribution in [3.63, 3.8) is 0 Å². The van der Waals surface area contributed by atoms with Gasteiger partial charge in [-0.05, 0) is 12.8 Å². The van der Waals surface area contributed by atoms with Crippen LogP contribution in [0.3, 0.4) is 0 Å². The number of carbonyl (C=O) groups is 1. The van der Waals surface area contributed by atoms with E-state index in [0.717, 1.165) is 0 Å². The standard InChI is InChI=1S/C11H16ClN3O2/c1-4-17-11(16)8(7(2)3)15-10-9(12)13-5-6-14-10/h5-8H,4H2,1-3H3,(H,14,15)/t8-/m0/s1. The Hall–Kier alpha value is -1.36. The molecule has 0 fully saturated rings. The van der Waals surface area contributed by atoms with Gasteiger partial charge in [-0.3, -0.25) is 0 Å². The summed E-state index contributed by atoms with van der Waals surface area (Å²) in [7, 11) is 0. The largest absolute Gasteiger partial charge is 0.464 e. The fourth-order valence-electron chi connectivity index (χ4n) is 1.29. The fourth-order valence-corrected chi connectivity index (χ4v) is 1.45. The summed E-state index contributed by atoms with van der Waals surface area (Å²) in [6.07, 6.45) is 3.00. The van der Waals surface area contributed by atoms with E-state index in [9.17, 15) is 4.79 Å². The maximum absolute atomic E-state index is 11.7. The van der Waals surface area contributed by atoms with Gasteiger partial charge in [0.15, 0.2) is 11.0 Å². The van der Waals surface area contributed by atoms with E-state index >= 15 is 0 Å². The molecule has 0 amide bonds. The highest BCUT2D eigenvalue weighted by molar-refractivity contribution is 6.31. The van der Waals surface area contributed by atoms with Gasteiger partial charge >= 0.3 is 5.97 Å². The van der Waals surface area contributed by atoms with Crippen LogP contribution < -0.4 is 5.32 Å².